The summed E-state index contributed by atoms with van der Waals surface area (Å²) in [4.78, 5) is 7.14. The van der Waals surface area contributed by atoms with E-state index in [1.807, 2.05) is 12.3 Å². The first kappa shape index (κ1) is 13.9. The molecule has 0 bridgehead atoms. The average molecular weight is 273 g/mol. The van der Waals surface area contributed by atoms with Gasteiger partial charge in [-0.25, -0.2) is 0 Å². The largest absolute Gasteiger partial charge is 0.393 e. The maximum atomic E-state index is 5.65. The molecule has 0 fully saturated rings. The molecule has 100 valence electrons. The van der Waals surface area contributed by atoms with Crippen molar-refractivity contribution in [1.29, 1.82) is 0 Å². The molecule has 0 saturated carbocycles. The van der Waals surface area contributed by atoms with E-state index in [1.165, 1.54) is 10.9 Å². The highest BCUT2D eigenvalue weighted by molar-refractivity contribution is 7.80. The molecule has 0 saturated heterocycles. The fourth-order valence-corrected chi connectivity index (χ4v) is 2.23. The zero-order valence-electron chi connectivity index (χ0n) is 11.3. The maximum absolute atomic E-state index is 5.65. The highest BCUT2D eigenvalue weighted by atomic mass is 32.1. The highest BCUT2D eigenvalue weighted by Gasteiger charge is 2.09. The first-order valence-electron chi connectivity index (χ1n) is 6.38. The number of aromatic nitrogens is 1. The van der Waals surface area contributed by atoms with Crippen LogP contribution in [0.15, 0.2) is 36.5 Å². The van der Waals surface area contributed by atoms with Crippen LogP contribution in [0, 0.1) is 5.92 Å². The van der Waals surface area contributed by atoms with Crippen LogP contribution in [0.3, 0.4) is 0 Å². The summed E-state index contributed by atoms with van der Waals surface area (Å²) in [7, 11) is 2.09. The number of nitrogens with zero attached hydrogens (tertiary/aromatic N) is 2. The molecule has 2 aromatic rings. The molecule has 1 heterocycles. The molecule has 0 aliphatic rings. The first-order chi connectivity index (χ1) is 9.06. The zero-order chi connectivity index (χ0) is 13.8. The molecule has 1 atom stereocenters. The number of nitrogens with two attached hydrogens (primary N) is 1. The van der Waals surface area contributed by atoms with Crippen molar-refractivity contribution in [2.75, 3.05) is 13.6 Å². The van der Waals surface area contributed by atoms with Crippen molar-refractivity contribution in [2.45, 2.75) is 13.5 Å². The molecule has 4 heteroatoms. The van der Waals surface area contributed by atoms with Gasteiger partial charge in [-0.3, -0.25) is 4.98 Å². The number of rotatable bonds is 5. The molecular weight excluding hydrogens is 254 g/mol. The van der Waals surface area contributed by atoms with Crippen molar-refractivity contribution in [3.05, 3.63) is 42.1 Å². The van der Waals surface area contributed by atoms with E-state index in [-0.39, 0.29) is 5.92 Å². The minimum Gasteiger partial charge on any atom is -0.393 e. The van der Waals surface area contributed by atoms with Gasteiger partial charge >= 0.3 is 0 Å². The third-order valence-corrected chi connectivity index (χ3v) is 3.59. The zero-order valence-corrected chi connectivity index (χ0v) is 12.2. The van der Waals surface area contributed by atoms with Gasteiger partial charge in [0, 0.05) is 30.6 Å². The lowest BCUT2D eigenvalue weighted by molar-refractivity contribution is 0.308. The van der Waals surface area contributed by atoms with Gasteiger partial charge in [-0.1, -0.05) is 31.3 Å². The van der Waals surface area contributed by atoms with Gasteiger partial charge in [0.1, 0.15) is 0 Å². The molecule has 1 aromatic carbocycles. The first-order valence-corrected chi connectivity index (χ1v) is 6.78. The molecule has 19 heavy (non-hydrogen) atoms. The summed E-state index contributed by atoms with van der Waals surface area (Å²) in [6.07, 6.45) is 1.82. The lowest BCUT2D eigenvalue weighted by Crippen LogP contribution is -2.31. The van der Waals surface area contributed by atoms with Crippen LogP contribution in [0.5, 0.6) is 0 Å². The normalized spacial score (nSPS) is 12.8. The minimum absolute atomic E-state index is 0.238. The molecule has 0 radical (unpaired) electrons. The van der Waals surface area contributed by atoms with Gasteiger partial charge in [0.2, 0.25) is 0 Å². The number of fused-ring (bicyclic) bond motifs is 1. The van der Waals surface area contributed by atoms with Gasteiger partial charge in [0.25, 0.3) is 0 Å². The molecule has 0 spiro atoms. The molecule has 2 N–H and O–H groups in total. The second kappa shape index (κ2) is 6.08. The fourth-order valence-electron chi connectivity index (χ4n) is 2.16. The number of thiocarbonyl (C=S) groups is 1. The predicted molar refractivity (Wildman–Crippen MR) is 84.0 cm³/mol. The summed E-state index contributed by atoms with van der Waals surface area (Å²) < 4.78 is 0. The van der Waals surface area contributed by atoms with Crippen LogP contribution in [-0.4, -0.2) is 28.5 Å². The van der Waals surface area contributed by atoms with Gasteiger partial charge in [0.05, 0.1) is 10.5 Å². The Kier molecular flexibility index (Phi) is 4.45. The standard InChI is InChI=1S/C15H19N3S/c1-11(15(16)19)9-18(2)10-12-5-6-14-13(8-12)4-3-7-17-14/h3-8,11H,9-10H2,1-2H3,(H2,16,19). The number of hydrogen-bond acceptors (Lipinski definition) is 3. The van der Waals surface area contributed by atoms with E-state index >= 15 is 0 Å². The van der Waals surface area contributed by atoms with Crippen molar-refractivity contribution in [1.82, 2.24) is 9.88 Å². The number of pyridine rings is 1. The van der Waals surface area contributed by atoms with Crippen LogP contribution in [0.4, 0.5) is 0 Å². The predicted octanol–water partition coefficient (Wildman–Crippen LogP) is 2.59. The Labute approximate surface area is 119 Å². The van der Waals surface area contributed by atoms with E-state index in [9.17, 15) is 0 Å². The van der Waals surface area contributed by atoms with Crippen LogP contribution in [0.25, 0.3) is 10.9 Å². The van der Waals surface area contributed by atoms with E-state index in [1.54, 1.807) is 0 Å². The van der Waals surface area contributed by atoms with Gasteiger partial charge in [-0.2, -0.15) is 0 Å². The Morgan fingerprint density at radius 2 is 2.21 bits per heavy atom. The molecule has 2 rings (SSSR count). The van der Waals surface area contributed by atoms with Crippen LogP contribution in [0.1, 0.15) is 12.5 Å². The van der Waals surface area contributed by atoms with E-state index in [4.69, 9.17) is 18.0 Å². The Bertz CT molecular complexity index is 582. The van der Waals surface area contributed by atoms with Crippen molar-refractivity contribution < 1.29 is 0 Å². The average Bonchev–Trinajstić information content (AvgIpc) is 2.38. The van der Waals surface area contributed by atoms with E-state index < -0.39 is 0 Å². The molecule has 0 aliphatic heterocycles. The summed E-state index contributed by atoms with van der Waals surface area (Å²) >= 11 is 5.01. The molecule has 0 aliphatic carbocycles. The Hall–Kier alpha value is -1.52. The van der Waals surface area contributed by atoms with Gasteiger partial charge in [0.15, 0.2) is 0 Å². The molecule has 1 aromatic heterocycles. The Balaban J connectivity index is 2.06. The fraction of sp³-hybridized carbons (Fsp3) is 0.333. The van der Waals surface area contributed by atoms with Gasteiger partial charge in [-0.15, -0.1) is 0 Å². The topological polar surface area (TPSA) is 42.2 Å². The molecular formula is C15H19N3S. The monoisotopic (exact) mass is 273 g/mol. The maximum Gasteiger partial charge on any atom is 0.0768 e. The lowest BCUT2D eigenvalue weighted by Gasteiger charge is -2.20. The van der Waals surface area contributed by atoms with E-state index in [0.717, 1.165) is 18.6 Å². The summed E-state index contributed by atoms with van der Waals surface area (Å²) in [6.45, 7) is 3.82. The second-order valence-corrected chi connectivity index (χ2v) is 5.50. The van der Waals surface area contributed by atoms with Crippen LogP contribution in [-0.2, 0) is 6.54 Å². The summed E-state index contributed by atoms with van der Waals surface area (Å²) in [6, 6.07) is 10.4. The third-order valence-electron chi connectivity index (χ3n) is 3.19. The molecule has 1 unspecified atom stereocenters. The van der Waals surface area contributed by atoms with Crippen LogP contribution >= 0.6 is 12.2 Å². The van der Waals surface area contributed by atoms with Crippen LogP contribution in [0.2, 0.25) is 0 Å². The van der Waals surface area contributed by atoms with Crippen molar-refractivity contribution in [2.24, 2.45) is 11.7 Å². The summed E-state index contributed by atoms with van der Waals surface area (Å²) in [5.74, 6) is 0.238. The Morgan fingerprint density at radius 1 is 1.42 bits per heavy atom. The van der Waals surface area contributed by atoms with Crippen molar-refractivity contribution in [3.63, 3.8) is 0 Å². The van der Waals surface area contributed by atoms with Crippen molar-refractivity contribution in [3.8, 4) is 0 Å². The number of benzene rings is 1. The second-order valence-electron chi connectivity index (χ2n) is 5.03. The third kappa shape index (κ3) is 3.72. The minimum atomic E-state index is 0.238. The highest BCUT2D eigenvalue weighted by Crippen LogP contribution is 2.15. The smallest absolute Gasteiger partial charge is 0.0768 e. The van der Waals surface area contributed by atoms with E-state index in [2.05, 4.69) is 48.1 Å². The SMILES string of the molecule is CC(CN(C)Cc1ccc2ncccc2c1)C(N)=S. The molecule has 3 nitrogen and oxygen atoms in total. The Morgan fingerprint density at radius 3 is 2.95 bits per heavy atom. The molecule has 0 amide bonds. The summed E-state index contributed by atoms with van der Waals surface area (Å²) in [5.41, 5.74) is 7.96. The van der Waals surface area contributed by atoms with E-state index in [0.29, 0.717) is 4.99 Å². The quantitative estimate of drug-likeness (QED) is 0.850. The van der Waals surface area contributed by atoms with Crippen LogP contribution < -0.4 is 5.73 Å². The van der Waals surface area contributed by atoms with Crippen molar-refractivity contribution >= 4 is 28.1 Å². The van der Waals surface area contributed by atoms with Gasteiger partial charge < -0.3 is 10.6 Å². The lowest BCUT2D eigenvalue weighted by atomic mass is 10.1. The van der Waals surface area contributed by atoms with Gasteiger partial charge in [-0.05, 0) is 30.8 Å². The summed E-state index contributed by atoms with van der Waals surface area (Å²) in [5, 5.41) is 1.18. The number of hydrogen-bond donors (Lipinski definition) is 1.